The lowest BCUT2D eigenvalue weighted by Gasteiger charge is -2.44. The fourth-order valence-electron chi connectivity index (χ4n) is 2.47. The van der Waals surface area contributed by atoms with Crippen LogP contribution < -0.4 is 0 Å². The molecule has 2 heterocycles. The van der Waals surface area contributed by atoms with Crippen LogP contribution in [0.1, 0.15) is 0 Å². The van der Waals surface area contributed by atoms with Gasteiger partial charge in [-0.3, -0.25) is 0 Å². The molecule has 10 nitrogen and oxygen atoms in total. The van der Waals surface area contributed by atoms with Crippen molar-refractivity contribution in [2.45, 2.75) is 61.4 Å². The molecule has 0 bridgehead atoms. The zero-order chi connectivity index (χ0) is 17.3. The average molecular weight is 405 g/mol. The van der Waals surface area contributed by atoms with Gasteiger partial charge in [-0.2, -0.15) is 0 Å². The van der Waals surface area contributed by atoms with E-state index in [4.69, 9.17) is 19.3 Å². The summed E-state index contributed by atoms with van der Waals surface area (Å²) in [5.74, 6) is 0. The minimum atomic E-state index is -1.67. The van der Waals surface area contributed by atoms with Crippen LogP contribution in [0.3, 0.4) is 0 Å². The van der Waals surface area contributed by atoms with Gasteiger partial charge in [-0.1, -0.05) is 15.9 Å². The molecular formula is C12H21BrO10. The molecule has 0 aliphatic carbocycles. The Morgan fingerprint density at radius 1 is 0.696 bits per heavy atom. The van der Waals surface area contributed by atoms with Gasteiger partial charge < -0.3 is 50.0 Å². The maximum absolute atomic E-state index is 9.91. The summed E-state index contributed by atoms with van der Waals surface area (Å²) in [6, 6.07) is 0. The molecule has 10 atom stereocenters. The normalized spacial score (nSPS) is 51.7. The number of rotatable bonds is 4. The molecule has 0 spiro atoms. The first-order valence-corrected chi connectivity index (χ1v) is 8.15. The van der Waals surface area contributed by atoms with E-state index in [1.807, 2.05) is 0 Å². The standard InChI is InChI=1S/C12H21BrO10/c13-1-3-5(15)7(17)9(19)11(21-3)23-12-10(20)8(18)6(16)4(2-14)22-12/h3-12,14-20H,1-2H2/t3?,4-,5-,6-,7?,8?,9?,10?,11-,12-/m1/s1. The fourth-order valence-corrected chi connectivity index (χ4v) is 3.00. The van der Waals surface area contributed by atoms with Gasteiger partial charge in [-0.05, 0) is 0 Å². The van der Waals surface area contributed by atoms with E-state index in [0.29, 0.717) is 0 Å². The predicted octanol–water partition coefficient (Wildman–Crippen LogP) is -3.99. The van der Waals surface area contributed by atoms with Crippen molar-refractivity contribution < 1.29 is 50.0 Å². The number of hydrogen-bond acceptors (Lipinski definition) is 10. The van der Waals surface area contributed by atoms with Gasteiger partial charge >= 0.3 is 0 Å². The number of hydrogen-bond donors (Lipinski definition) is 7. The molecule has 5 unspecified atom stereocenters. The number of ether oxygens (including phenoxy) is 3. The van der Waals surface area contributed by atoms with Crippen LogP contribution in [-0.4, -0.2) is 109 Å². The van der Waals surface area contributed by atoms with Gasteiger partial charge in [-0.15, -0.1) is 0 Å². The Morgan fingerprint density at radius 2 is 1.13 bits per heavy atom. The van der Waals surface area contributed by atoms with Crippen LogP contribution >= 0.6 is 15.9 Å². The molecule has 0 saturated carbocycles. The third kappa shape index (κ3) is 3.85. The van der Waals surface area contributed by atoms with Crippen LogP contribution in [0.4, 0.5) is 0 Å². The van der Waals surface area contributed by atoms with E-state index in [1.54, 1.807) is 0 Å². The molecule has 7 N–H and O–H groups in total. The highest BCUT2D eigenvalue weighted by Gasteiger charge is 2.49. The molecule has 11 heteroatoms. The van der Waals surface area contributed by atoms with Crippen LogP contribution in [0.2, 0.25) is 0 Å². The van der Waals surface area contributed by atoms with E-state index in [2.05, 4.69) is 15.9 Å². The molecule has 0 aromatic carbocycles. The fraction of sp³-hybridized carbons (Fsp3) is 1.00. The summed E-state index contributed by atoms with van der Waals surface area (Å²) in [5.41, 5.74) is 0. The van der Waals surface area contributed by atoms with Crippen molar-refractivity contribution in [1.29, 1.82) is 0 Å². The van der Waals surface area contributed by atoms with Gasteiger partial charge in [0, 0.05) is 5.33 Å². The number of alkyl halides is 1. The Hall–Kier alpha value is 0.0800. The lowest BCUT2D eigenvalue weighted by molar-refractivity contribution is -0.373. The average Bonchev–Trinajstić information content (AvgIpc) is 2.55. The molecule has 2 saturated heterocycles. The van der Waals surface area contributed by atoms with Gasteiger partial charge in [0.05, 0.1) is 12.7 Å². The quantitative estimate of drug-likeness (QED) is 0.229. The second-order valence-electron chi connectivity index (χ2n) is 5.50. The first kappa shape index (κ1) is 19.4. The summed E-state index contributed by atoms with van der Waals surface area (Å²) in [5, 5.41) is 67.9. The third-order valence-corrected chi connectivity index (χ3v) is 4.58. The zero-order valence-corrected chi connectivity index (χ0v) is 13.5. The van der Waals surface area contributed by atoms with E-state index in [0.717, 1.165) is 0 Å². The lowest BCUT2D eigenvalue weighted by Crippen LogP contribution is -2.63. The van der Waals surface area contributed by atoms with Crippen molar-refractivity contribution in [1.82, 2.24) is 0 Å². The SMILES string of the molecule is OC[C@H]1O[C@H](O[C@H]2OC(CBr)[C@@H](O)C(O)C2O)C(O)C(O)[C@@H]1O. The second kappa shape index (κ2) is 7.97. The molecule has 2 aliphatic rings. The van der Waals surface area contributed by atoms with Gasteiger partial charge in [0.25, 0.3) is 0 Å². The minimum absolute atomic E-state index is 0.145. The number of aliphatic hydroxyl groups is 7. The Bertz CT molecular complexity index is 349. The van der Waals surface area contributed by atoms with E-state index >= 15 is 0 Å². The van der Waals surface area contributed by atoms with E-state index in [9.17, 15) is 30.6 Å². The molecule has 2 fully saturated rings. The van der Waals surface area contributed by atoms with Gasteiger partial charge in [0.1, 0.15) is 42.7 Å². The van der Waals surface area contributed by atoms with Crippen molar-refractivity contribution in [3.8, 4) is 0 Å². The number of halogens is 1. The monoisotopic (exact) mass is 404 g/mol. The van der Waals surface area contributed by atoms with Crippen LogP contribution in [0.15, 0.2) is 0 Å². The molecule has 0 radical (unpaired) electrons. The Kier molecular flexibility index (Phi) is 6.73. The van der Waals surface area contributed by atoms with Crippen molar-refractivity contribution in [3.05, 3.63) is 0 Å². The van der Waals surface area contributed by atoms with Crippen molar-refractivity contribution in [2.75, 3.05) is 11.9 Å². The third-order valence-electron chi connectivity index (χ3n) is 3.94. The highest BCUT2D eigenvalue weighted by Crippen LogP contribution is 2.28. The predicted molar refractivity (Wildman–Crippen MR) is 75.3 cm³/mol. The smallest absolute Gasteiger partial charge is 0.189 e. The van der Waals surface area contributed by atoms with Crippen molar-refractivity contribution in [2.24, 2.45) is 0 Å². The van der Waals surface area contributed by atoms with Crippen LogP contribution in [-0.2, 0) is 14.2 Å². The molecule has 136 valence electrons. The summed E-state index contributed by atoms with van der Waals surface area (Å²) in [4.78, 5) is 0. The van der Waals surface area contributed by atoms with E-state index in [-0.39, 0.29) is 5.33 Å². The second-order valence-corrected chi connectivity index (χ2v) is 6.15. The molecule has 0 aromatic heterocycles. The lowest BCUT2D eigenvalue weighted by atomic mass is 9.98. The zero-order valence-electron chi connectivity index (χ0n) is 11.9. The summed E-state index contributed by atoms with van der Waals surface area (Å²) >= 11 is 3.08. The molecule has 23 heavy (non-hydrogen) atoms. The first-order chi connectivity index (χ1) is 10.8. The topological polar surface area (TPSA) is 169 Å². The Morgan fingerprint density at radius 3 is 1.57 bits per heavy atom. The van der Waals surface area contributed by atoms with Crippen LogP contribution in [0, 0.1) is 0 Å². The van der Waals surface area contributed by atoms with Crippen molar-refractivity contribution in [3.63, 3.8) is 0 Å². The molecular weight excluding hydrogens is 384 g/mol. The summed E-state index contributed by atoms with van der Waals surface area (Å²) < 4.78 is 15.7. The summed E-state index contributed by atoms with van der Waals surface area (Å²) in [6.45, 7) is -0.635. The van der Waals surface area contributed by atoms with E-state index < -0.39 is 68.0 Å². The molecule has 0 amide bonds. The molecule has 2 rings (SSSR count). The molecule has 0 aromatic rings. The van der Waals surface area contributed by atoms with E-state index in [1.165, 1.54) is 0 Å². The van der Waals surface area contributed by atoms with Crippen molar-refractivity contribution >= 4 is 15.9 Å². The Labute approximate surface area is 140 Å². The molecule has 2 aliphatic heterocycles. The van der Waals surface area contributed by atoms with Crippen LogP contribution in [0.5, 0.6) is 0 Å². The maximum Gasteiger partial charge on any atom is 0.189 e. The van der Waals surface area contributed by atoms with Gasteiger partial charge in [-0.25, -0.2) is 0 Å². The minimum Gasteiger partial charge on any atom is -0.394 e. The van der Waals surface area contributed by atoms with Gasteiger partial charge in [0.2, 0.25) is 0 Å². The van der Waals surface area contributed by atoms with Gasteiger partial charge in [0.15, 0.2) is 12.6 Å². The maximum atomic E-state index is 9.91. The van der Waals surface area contributed by atoms with Crippen LogP contribution in [0.25, 0.3) is 0 Å². The largest absolute Gasteiger partial charge is 0.394 e. The first-order valence-electron chi connectivity index (χ1n) is 7.03. The summed E-state index contributed by atoms with van der Waals surface area (Å²) in [6.07, 6.45) is -14.4. The Balaban J connectivity index is 2.07. The summed E-state index contributed by atoms with van der Waals surface area (Å²) in [7, 11) is 0. The highest BCUT2D eigenvalue weighted by molar-refractivity contribution is 9.09. The highest BCUT2D eigenvalue weighted by atomic mass is 79.9. The number of aliphatic hydroxyl groups excluding tert-OH is 7.